The highest BCUT2D eigenvalue weighted by Gasteiger charge is 2.11. The van der Waals surface area contributed by atoms with Crippen LogP contribution in [-0.4, -0.2) is 36.1 Å². The Morgan fingerprint density at radius 1 is 1.42 bits per heavy atom. The summed E-state index contributed by atoms with van der Waals surface area (Å²) in [4.78, 5) is 13.9. The van der Waals surface area contributed by atoms with E-state index in [1.807, 2.05) is 26.1 Å². The topological polar surface area (TPSA) is 40.5 Å². The second-order valence-electron chi connectivity index (χ2n) is 4.57. The summed E-state index contributed by atoms with van der Waals surface area (Å²) in [6.07, 6.45) is 2.09. The highest BCUT2D eigenvalue weighted by Crippen LogP contribution is 2.12. The summed E-state index contributed by atoms with van der Waals surface area (Å²) in [5.74, 6) is 5.52. The van der Waals surface area contributed by atoms with Gasteiger partial charge in [0, 0.05) is 24.7 Å². The van der Waals surface area contributed by atoms with Gasteiger partial charge in [-0.05, 0) is 37.1 Å². The Labute approximate surface area is 115 Å². The van der Waals surface area contributed by atoms with Crippen LogP contribution in [0.2, 0.25) is 0 Å². The molecule has 0 aliphatic heterocycles. The van der Waals surface area contributed by atoms with Gasteiger partial charge in [-0.3, -0.25) is 4.79 Å². The molecule has 0 aliphatic carbocycles. The van der Waals surface area contributed by atoms with E-state index in [1.165, 1.54) is 0 Å². The fraction of sp³-hybridized carbons (Fsp3) is 0.438. The van der Waals surface area contributed by atoms with Crippen LogP contribution in [0.25, 0.3) is 0 Å². The number of aliphatic hydroxyl groups is 1. The van der Waals surface area contributed by atoms with E-state index in [9.17, 15) is 4.79 Å². The predicted octanol–water partition coefficient (Wildman–Crippen LogP) is 2.21. The standard InChI is InChI=1S/C16H21NO2/c1-4-5-10-17(3)16(19)15-9-8-14(7-6-11-18)13(2)12-15/h8-9,12,18H,4-5,10-11H2,1-3H3. The van der Waals surface area contributed by atoms with Crippen LogP contribution in [0.15, 0.2) is 18.2 Å². The van der Waals surface area contributed by atoms with E-state index in [0.29, 0.717) is 5.56 Å². The van der Waals surface area contributed by atoms with Crippen LogP contribution in [0.5, 0.6) is 0 Å². The van der Waals surface area contributed by atoms with Crippen molar-refractivity contribution in [1.29, 1.82) is 0 Å². The smallest absolute Gasteiger partial charge is 0.253 e. The summed E-state index contributed by atoms with van der Waals surface area (Å²) < 4.78 is 0. The van der Waals surface area contributed by atoms with Gasteiger partial charge in [-0.1, -0.05) is 25.2 Å². The average molecular weight is 259 g/mol. The highest BCUT2D eigenvalue weighted by atomic mass is 16.2. The van der Waals surface area contributed by atoms with Crippen LogP contribution in [0.1, 0.15) is 41.3 Å². The fourth-order valence-electron chi connectivity index (χ4n) is 1.79. The molecule has 0 spiro atoms. The van der Waals surface area contributed by atoms with E-state index >= 15 is 0 Å². The second kappa shape index (κ2) is 7.60. The molecule has 0 unspecified atom stereocenters. The summed E-state index contributed by atoms with van der Waals surface area (Å²) in [5.41, 5.74) is 2.49. The highest BCUT2D eigenvalue weighted by molar-refractivity contribution is 5.94. The van der Waals surface area contributed by atoms with Gasteiger partial charge in [-0.2, -0.15) is 0 Å². The molecular formula is C16H21NO2. The molecule has 0 saturated carbocycles. The quantitative estimate of drug-likeness (QED) is 0.842. The maximum Gasteiger partial charge on any atom is 0.253 e. The number of unbranched alkanes of at least 4 members (excludes halogenated alkanes) is 1. The molecule has 1 aromatic rings. The third-order valence-corrected chi connectivity index (χ3v) is 2.97. The third kappa shape index (κ3) is 4.42. The molecule has 102 valence electrons. The Morgan fingerprint density at radius 3 is 2.74 bits per heavy atom. The SMILES string of the molecule is CCCCN(C)C(=O)c1ccc(C#CCO)c(C)c1. The average Bonchev–Trinajstić information content (AvgIpc) is 2.42. The van der Waals surface area contributed by atoms with E-state index in [-0.39, 0.29) is 12.5 Å². The van der Waals surface area contributed by atoms with E-state index in [1.54, 1.807) is 11.0 Å². The molecule has 3 nitrogen and oxygen atoms in total. The lowest BCUT2D eigenvalue weighted by atomic mass is 10.0. The first-order chi connectivity index (χ1) is 9.10. The first-order valence-corrected chi connectivity index (χ1v) is 6.56. The number of rotatable bonds is 4. The van der Waals surface area contributed by atoms with Gasteiger partial charge in [0.1, 0.15) is 6.61 Å². The first kappa shape index (κ1) is 15.3. The number of nitrogens with zero attached hydrogens (tertiary/aromatic N) is 1. The van der Waals surface area contributed by atoms with Crippen molar-refractivity contribution < 1.29 is 9.90 Å². The summed E-state index contributed by atoms with van der Waals surface area (Å²) in [5, 5.41) is 8.68. The lowest BCUT2D eigenvalue weighted by Gasteiger charge is -2.17. The zero-order valence-corrected chi connectivity index (χ0v) is 11.9. The van der Waals surface area contributed by atoms with Crippen molar-refractivity contribution >= 4 is 5.91 Å². The molecule has 1 amide bonds. The van der Waals surface area contributed by atoms with E-state index < -0.39 is 0 Å². The molecule has 0 atom stereocenters. The van der Waals surface area contributed by atoms with E-state index in [4.69, 9.17) is 5.11 Å². The Bertz CT molecular complexity index is 497. The Morgan fingerprint density at radius 2 is 2.16 bits per heavy atom. The van der Waals surface area contributed by atoms with Gasteiger partial charge in [-0.25, -0.2) is 0 Å². The fourth-order valence-corrected chi connectivity index (χ4v) is 1.79. The Kier molecular flexibility index (Phi) is 6.11. The van der Waals surface area contributed by atoms with Gasteiger partial charge in [0.2, 0.25) is 0 Å². The van der Waals surface area contributed by atoms with Crippen molar-refractivity contribution in [2.75, 3.05) is 20.2 Å². The molecule has 1 rings (SSSR count). The number of aryl methyl sites for hydroxylation is 1. The molecule has 0 radical (unpaired) electrons. The van der Waals surface area contributed by atoms with Crippen molar-refractivity contribution in [3.8, 4) is 11.8 Å². The molecule has 1 aromatic carbocycles. The van der Waals surface area contributed by atoms with Crippen LogP contribution in [0.3, 0.4) is 0 Å². The predicted molar refractivity (Wildman–Crippen MR) is 77.0 cm³/mol. The van der Waals surface area contributed by atoms with Crippen LogP contribution >= 0.6 is 0 Å². The van der Waals surface area contributed by atoms with Crippen LogP contribution < -0.4 is 0 Å². The molecular weight excluding hydrogens is 238 g/mol. The van der Waals surface area contributed by atoms with Crippen LogP contribution in [0.4, 0.5) is 0 Å². The van der Waals surface area contributed by atoms with Crippen molar-refractivity contribution in [2.45, 2.75) is 26.7 Å². The van der Waals surface area contributed by atoms with Gasteiger partial charge in [-0.15, -0.1) is 0 Å². The van der Waals surface area contributed by atoms with E-state index in [0.717, 1.165) is 30.5 Å². The maximum atomic E-state index is 12.2. The number of hydrogen-bond donors (Lipinski definition) is 1. The Hall–Kier alpha value is -1.79. The summed E-state index contributed by atoms with van der Waals surface area (Å²) in [6.45, 7) is 4.65. The molecule has 0 aromatic heterocycles. The third-order valence-electron chi connectivity index (χ3n) is 2.97. The molecule has 0 heterocycles. The minimum atomic E-state index is -0.153. The maximum absolute atomic E-state index is 12.2. The minimum Gasteiger partial charge on any atom is -0.384 e. The summed E-state index contributed by atoms with van der Waals surface area (Å²) >= 11 is 0. The first-order valence-electron chi connectivity index (χ1n) is 6.56. The van der Waals surface area contributed by atoms with Crippen molar-refractivity contribution in [3.63, 3.8) is 0 Å². The molecule has 0 aliphatic rings. The molecule has 3 heteroatoms. The van der Waals surface area contributed by atoms with Crippen LogP contribution in [0, 0.1) is 18.8 Å². The molecule has 1 N–H and O–H groups in total. The van der Waals surface area contributed by atoms with Gasteiger partial charge in [0.05, 0.1) is 0 Å². The minimum absolute atomic E-state index is 0.0400. The zero-order valence-electron chi connectivity index (χ0n) is 11.9. The number of amides is 1. The number of aliphatic hydroxyl groups excluding tert-OH is 1. The lowest BCUT2D eigenvalue weighted by molar-refractivity contribution is 0.0793. The van der Waals surface area contributed by atoms with Gasteiger partial charge in [0.15, 0.2) is 0 Å². The molecule has 0 saturated heterocycles. The van der Waals surface area contributed by atoms with Gasteiger partial charge < -0.3 is 10.0 Å². The van der Waals surface area contributed by atoms with E-state index in [2.05, 4.69) is 18.8 Å². The van der Waals surface area contributed by atoms with Gasteiger partial charge >= 0.3 is 0 Å². The number of hydrogen-bond acceptors (Lipinski definition) is 2. The number of benzene rings is 1. The van der Waals surface area contributed by atoms with Crippen molar-refractivity contribution in [2.24, 2.45) is 0 Å². The summed E-state index contributed by atoms with van der Waals surface area (Å²) in [7, 11) is 1.83. The monoisotopic (exact) mass is 259 g/mol. The largest absolute Gasteiger partial charge is 0.384 e. The van der Waals surface area contributed by atoms with Crippen molar-refractivity contribution in [1.82, 2.24) is 4.90 Å². The Balaban J connectivity index is 2.85. The zero-order chi connectivity index (χ0) is 14.3. The van der Waals surface area contributed by atoms with Gasteiger partial charge in [0.25, 0.3) is 5.91 Å². The molecule has 0 fully saturated rings. The van der Waals surface area contributed by atoms with Crippen LogP contribution in [-0.2, 0) is 0 Å². The second-order valence-corrected chi connectivity index (χ2v) is 4.57. The lowest BCUT2D eigenvalue weighted by Crippen LogP contribution is -2.27. The number of carbonyl (C=O) groups is 1. The summed E-state index contributed by atoms with van der Waals surface area (Å²) in [6, 6.07) is 5.48. The number of carbonyl (C=O) groups excluding carboxylic acids is 1. The normalized spacial score (nSPS) is 9.68. The molecule has 19 heavy (non-hydrogen) atoms. The molecule has 0 bridgehead atoms. The van der Waals surface area contributed by atoms with Crippen molar-refractivity contribution in [3.05, 3.63) is 34.9 Å².